The highest BCUT2D eigenvalue weighted by Gasteiger charge is 2.11. The third-order valence-electron chi connectivity index (χ3n) is 2.88. The van der Waals surface area contributed by atoms with Gasteiger partial charge in [-0.3, -0.25) is 4.79 Å². The number of amides is 1. The van der Waals surface area contributed by atoms with E-state index >= 15 is 0 Å². The summed E-state index contributed by atoms with van der Waals surface area (Å²) < 4.78 is 0. The number of rotatable bonds is 4. The first-order valence-corrected chi connectivity index (χ1v) is 6.45. The lowest BCUT2D eigenvalue weighted by Gasteiger charge is -2.05. The van der Waals surface area contributed by atoms with Crippen molar-refractivity contribution in [1.29, 1.82) is 0 Å². The van der Waals surface area contributed by atoms with Gasteiger partial charge in [0.05, 0.1) is 5.56 Å². The molecule has 1 amide bonds. The molecule has 0 unspecified atom stereocenters. The first kappa shape index (κ1) is 14.6. The van der Waals surface area contributed by atoms with Crippen LogP contribution in [0.2, 0.25) is 0 Å². The Labute approximate surface area is 122 Å². The van der Waals surface area contributed by atoms with Crippen molar-refractivity contribution in [3.05, 3.63) is 59.7 Å². The fraction of sp³-hybridized carbons (Fsp3) is 0.125. The van der Waals surface area contributed by atoms with Crippen LogP contribution in [-0.2, 0) is 6.42 Å². The third kappa shape index (κ3) is 4.07. The van der Waals surface area contributed by atoms with Crippen LogP contribution in [0.25, 0.3) is 0 Å². The number of hydrogen-bond acceptors (Lipinski definition) is 4. The first-order chi connectivity index (χ1) is 10.1. The number of benzene rings is 2. The van der Waals surface area contributed by atoms with Crippen molar-refractivity contribution in [3.8, 4) is 11.5 Å². The highest BCUT2D eigenvalue weighted by molar-refractivity contribution is 5.98. The topological polar surface area (TPSA) is 81.9 Å². The second-order valence-electron chi connectivity index (χ2n) is 4.65. The van der Waals surface area contributed by atoms with Crippen molar-refractivity contribution in [2.24, 2.45) is 5.10 Å². The molecule has 21 heavy (non-hydrogen) atoms. The Kier molecular flexibility index (Phi) is 4.56. The second kappa shape index (κ2) is 6.56. The fourth-order valence-electron chi connectivity index (χ4n) is 1.84. The van der Waals surface area contributed by atoms with E-state index in [2.05, 4.69) is 10.5 Å². The van der Waals surface area contributed by atoms with Crippen molar-refractivity contribution in [2.75, 3.05) is 0 Å². The van der Waals surface area contributed by atoms with E-state index in [4.69, 9.17) is 0 Å². The normalized spacial score (nSPS) is 11.2. The molecule has 2 aromatic rings. The first-order valence-electron chi connectivity index (χ1n) is 6.45. The zero-order chi connectivity index (χ0) is 15.2. The van der Waals surface area contributed by atoms with Crippen LogP contribution in [0.1, 0.15) is 22.8 Å². The second-order valence-corrected chi connectivity index (χ2v) is 4.65. The summed E-state index contributed by atoms with van der Waals surface area (Å²) in [6, 6.07) is 13.5. The number of nitrogens with zero attached hydrogens (tertiary/aromatic N) is 1. The van der Waals surface area contributed by atoms with Crippen LogP contribution >= 0.6 is 0 Å². The van der Waals surface area contributed by atoms with Gasteiger partial charge in [0.2, 0.25) is 0 Å². The molecule has 0 fully saturated rings. The summed E-state index contributed by atoms with van der Waals surface area (Å²) in [6.45, 7) is 1.80. The van der Waals surface area contributed by atoms with Crippen LogP contribution in [0.15, 0.2) is 53.6 Å². The van der Waals surface area contributed by atoms with Crippen LogP contribution in [-0.4, -0.2) is 21.8 Å². The molecule has 0 aliphatic heterocycles. The summed E-state index contributed by atoms with van der Waals surface area (Å²) in [5.41, 5.74) is 4.16. The zero-order valence-electron chi connectivity index (χ0n) is 11.6. The van der Waals surface area contributed by atoms with E-state index in [1.165, 1.54) is 18.2 Å². The average Bonchev–Trinajstić information content (AvgIpc) is 2.48. The number of nitrogens with one attached hydrogen (secondary N) is 1. The van der Waals surface area contributed by atoms with Crippen molar-refractivity contribution in [3.63, 3.8) is 0 Å². The largest absolute Gasteiger partial charge is 0.508 e. The van der Waals surface area contributed by atoms with Crippen LogP contribution in [0.5, 0.6) is 11.5 Å². The Hall–Kier alpha value is -2.82. The van der Waals surface area contributed by atoms with Gasteiger partial charge >= 0.3 is 0 Å². The minimum Gasteiger partial charge on any atom is -0.508 e. The molecular weight excluding hydrogens is 268 g/mol. The molecule has 0 saturated carbocycles. The minimum atomic E-state index is -0.573. The van der Waals surface area contributed by atoms with E-state index in [1.807, 2.05) is 30.3 Å². The Balaban J connectivity index is 2.02. The lowest BCUT2D eigenvalue weighted by atomic mass is 10.1. The van der Waals surface area contributed by atoms with E-state index in [1.54, 1.807) is 6.92 Å². The van der Waals surface area contributed by atoms with E-state index in [-0.39, 0.29) is 17.1 Å². The molecule has 0 bridgehead atoms. The number of hydrogen-bond donors (Lipinski definition) is 3. The molecular formula is C16H16N2O3. The molecule has 0 aliphatic rings. The summed E-state index contributed by atoms with van der Waals surface area (Å²) in [5, 5.41) is 22.9. The highest BCUT2D eigenvalue weighted by atomic mass is 16.3. The molecule has 0 atom stereocenters. The number of phenols is 2. The number of phenolic OH excluding ortho intramolecular Hbond substituents is 2. The summed E-state index contributed by atoms with van der Waals surface area (Å²) in [7, 11) is 0. The molecule has 5 heteroatoms. The zero-order valence-corrected chi connectivity index (χ0v) is 11.6. The Morgan fingerprint density at radius 1 is 1.14 bits per heavy atom. The minimum absolute atomic E-state index is 0.0220. The molecule has 0 saturated heterocycles. The predicted molar refractivity (Wildman–Crippen MR) is 80.5 cm³/mol. The van der Waals surface area contributed by atoms with Gasteiger partial charge in [-0.1, -0.05) is 30.3 Å². The van der Waals surface area contributed by atoms with E-state index < -0.39 is 5.91 Å². The van der Waals surface area contributed by atoms with Gasteiger partial charge in [0, 0.05) is 12.1 Å². The molecule has 2 aromatic carbocycles. The van der Waals surface area contributed by atoms with Gasteiger partial charge in [0.25, 0.3) is 5.91 Å². The summed E-state index contributed by atoms with van der Waals surface area (Å²) >= 11 is 0. The molecule has 5 nitrogen and oxygen atoms in total. The van der Waals surface area contributed by atoms with Gasteiger partial charge in [-0.05, 0) is 30.7 Å². The monoisotopic (exact) mass is 284 g/mol. The van der Waals surface area contributed by atoms with Gasteiger partial charge in [0.1, 0.15) is 11.5 Å². The molecule has 0 heterocycles. The summed E-state index contributed by atoms with van der Waals surface area (Å²) in [5.74, 6) is -0.875. The Morgan fingerprint density at radius 2 is 1.86 bits per heavy atom. The molecule has 0 aliphatic carbocycles. The summed E-state index contributed by atoms with van der Waals surface area (Å²) in [4.78, 5) is 11.9. The van der Waals surface area contributed by atoms with Gasteiger partial charge < -0.3 is 10.2 Å². The van der Waals surface area contributed by atoms with Crippen molar-refractivity contribution < 1.29 is 15.0 Å². The highest BCUT2D eigenvalue weighted by Crippen LogP contribution is 2.21. The molecule has 0 spiro atoms. The number of hydrazone groups is 1. The summed E-state index contributed by atoms with van der Waals surface area (Å²) in [6.07, 6.45) is 0.618. The third-order valence-corrected chi connectivity index (χ3v) is 2.88. The van der Waals surface area contributed by atoms with Crippen LogP contribution in [0.3, 0.4) is 0 Å². The van der Waals surface area contributed by atoms with Crippen molar-refractivity contribution >= 4 is 11.6 Å². The molecule has 0 radical (unpaired) electrons. The average molecular weight is 284 g/mol. The molecule has 2 rings (SSSR count). The van der Waals surface area contributed by atoms with E-state index in [9.17, 15) is 15.0 Å². The lowest BCUT2D eigenvalue weighted by molar-refractivity contribution is 0.0951. The SMILES string of the molecule is C/C(Cc1ccccc1)=N/NC(=O)c1cc(O)ccc1O. The number of carbonyl (C=O) groups is 1. The quantitative estimate of drug-likeness (QED) is 0.458. The van der Waals surface area contributed by atoms with E-state index in [0.29, 0.717) is 6.42 Å². The predicted octanol–water partition coefficient (Wildman–Crippen LogP) is 2.45. The molecule has 3 N–H and O–H groups in total. The van der Waals surface area contributed by atoms with Gasteiger partial charge in [0.15, 0.2) is 0 Å². The Bertz CT molecular complexity index is 666. The maximum Gasteiger partial charge on any atom is 0.275 e. The lowest BCUT2D eigenvalue weighted by Crippen LogP contribution is -2.19. The van der Waals surface area contributed by atoms with Crippen molar-refractivity contribution in [2.45, 2.75) is 13.3 Å². The van der Waals surface area contributed by atoms with Crippen LogP contribution in [0.4, 0.5) is 0 Å². The number of aromatic hydroxyl groups is 2. The van der Waals surface area contributed by atoms with Gasteiger partial charge in [-0.15, -0.1) is 0 Å². The maximum atomic E-state index is 11.9. The maximum absolute atomic E-state index is 11.9. The van der Waals surface area contributed by atoms with E-state index in [0.717, 1.165) is 11.3 Å². The fourth-order valence-corrected chi connectivity index (χ4v) is 1.84. The van der Waals surface area contributed by atoms with Gasteiger partial charge in [-0.2, -0.15) is 5.10 Å². The van der Waals surface area contributed by atoms with Crippen LogP contribution in [0, 0.1) is 0 Å². The smallest absolute Gasteiger partial charge is 0.275 e. The Morgan fingerprint density at radius 3 is 2.57 bits per heavy atom. The van der Waals surface area contributed by atoms with Crippen LogP contribution < -0.4 is 5.43 Å². The van der Waals surface area contributed by atoms with Crippen molar-refractivity contribution in [1.82, 2.24) is 5.43 Å². The number of carbonyl (C=O) groups excluding carboxylic acids is 1. The molecule has 108 valence electrons. The van der Waals surface area contributed by atoms with Gasteiger partial charge in [-0.25, -0.2) is 5.43 Å². The standard InChI is InChI=1S/C16H16N2O3/c1-11(9-12-5-3-2-4-6-12)17-18-16(21)14-10-13(19)7-8-15(14)20/h2-8,10,19-20H,9H2,1H3,(H,18,21)/b17-11-. The molecule has 0 aromatic heterocycles.